The van der Waals surface area contributed by atoms with Crippen molar-refractivity contribution in [2.45, 2.75) is 51.0 Å². The Labute approximate surface area is 91.5 Å². The maximum absolute atomic E-state index is 11.8. The molecule has 1 saturated carbocycles. The summed E-state index contributed by atoms with van der Waals surface area (Å²) in [7, 11) is 0. The topological polar surface area (TPSA) is 40.5 Å². The van der Waals surface area contributed by atoms with Gasteiger partial charge in [0.1, 0.15) is 0 Å². The molecule has 0 aromatic heterocycles. The smallest absolute Gasteiger partial charge is 0.222 e. The molecule has 1 saturated heterocycles. The van der Waals surface area contributed by atoms with Crippen LogP contribution in [0.25, 0.3) is 0 Å². The Morgan fingerprint density at radius 2 is 2.00 bits per heavy atom. The monoisotopic (exact) mass is 211 g/mol. The number of rotatable bonds is 3. The molecule has 0 aromatic carbocycles. The normalized spacial score (nSPS) is 27.5. The minimum Gasteiger partial charge on any atom is -0.391 e. The number of aliphatic hydroxyl groups excluding tert-OH is 1. The van der Waals surface area contributed by atoms with Crippen LogP contribution in [0.4, 0.5) is 0 Å². The number of amides is 1. The summed E-state index contributed by atoms with van der Waals surface area (Å²) in [5.41, 5.74) is 0. The Balaban J connectivity index is 1.67. The van der Waals surface area contributed by atoms with Gasteiger partial charge in [-0.1, -0.05) is 25.7 Å². The molecular weight excluding hydrogens is 190 g/mol. The zero-order valence-electron chi connectivity index (χ0n) is 9.32. The summed E-state index contributed by atoms with van der Waals surface area (Å²) in [4.78, 5) is 13.6. The van der Waals surface area contributed by atoms with Crippen molar-refractivity contribution in [3.63, 3.8) is 0 Å². The van der Waals surface area contributed by atoms with Crippen molar-refractivity contribution in [3.8, 4) is 0 Å². The Bertz CT molecular complexity index is 224. The van der Waals surface area contributed by atoms with Gasteiger partial charge >= 0.3 is 0 Å². The number of likely N-dealkylation sites (tertiary alicyclic amines) is 1. The lowest BCUT2D eigenvalue weighted by Gasteiger charge is -2.16. The van der Waals surface area contributed by atoms with E-state index < -0.39 is 0 Å². The van der Waals surface area contributed by atoms with E-state index in [-0.39, 0.29) is 12.0 Å². The Hall–Kier alpha value is -0.570. The molecule has 1 aliphatic carbocycles. The predicted octanol–water partition coefficient (Wildman–Crippen LogP) is 1.55. The molecule has 0 bridgehead atoms. The second-order valence-electron chi connectivity index (χ2n) is 4.97. The van der Waals surface area contributed by atoms with Crippen molar-refractivity contribution in [2.75, 3.05) is 13.1 Å². The fourth-order valence-corrected chi connectivity index (χ4v) is 2.75. The van der Waals surface area contributed by atoms with Gasteiger partial charge in [-0.15, -0.1) is 0 Å². The number of β-amino-alcohol motifs (C(OH)–C–C–N with tert-alkyl or cyclic N) is 1. The third-order valence-corrected chi connectivity index (χ3v) is 3.76. The molecule has 86 valence electrons. The van der Waals surface area contributed by atoms with E-state index in [4.69, 9.17) is 0 Å². The van der Waals surface area contributed by atoms with Crippen LogP contribution in [-0.2, 0) is 4.79 Å². The van der Waals surface area contributed by atoms with Crippen molar-refractivity contribution in [2.24, 2.45) is 5.92 Å². The predicted molar refractivity (Wildman–Crippen MR) is 58.4 cm³/mol. The van der Waals surface area contributed by atoms with Crippen LogP contribution in [0.15, 0.2) is 0 Å². The van der Waals surface area contributed by atoms with Gasteiger partial charge in [0.15, 0.2) is 0 Å². The largest absolute Gasteiger partial charge is 0.391 e. The second kappa shape index (κ2) is 4.97. The molecular formula is C12H21NO2. The van der Waals surface area contributed by atoms with E-state index in [0.29, 0.717) is 13.0 Å². The number of hydrogen-bond acceptors (Lipinski definition) is 2. The fourth-order valence-electron chi connectivity index (χ4n) is 2.75. The first-order valence-corrected chi connectivity index (χ1v) is 6.21. The van der Waals surface area contributed by atoms with E-state index in [1.165, 1.54) is 25.7 Å². The highest BCUT2D eigenvalue weighted by molar-refractivity contribution is 5.76. The van der Waals surface area contributed by atoms with Crippen LogP contribution in [0.5, 0.6) is 0 Å². The van der Waals surface area contributed by atoms with Gasteiger partial charge in [0.2, 0.25) is 5.91 Å². The number of hydrogen-bond donors (Lipinski definition) is 1. The Morgan fingerprint density at radius 3 is 2.60 bits per heavy atom. The first-order valence-electron chi connectivity index (χ1n) is 6.21. The van der Waals surface area contributed by atoms with Crippen molar-refractivity contribution in [1.82, 2.24) is 4.90 Å². The molecule has 3 heteroatoms. The Morgan fingerprint density at radius 1 is 1.27 bits per heavy atom. The number of carbonyl (C=O) groups excluding carboxylic acids is 1. The van der Waals surface area contributed by atoms with E-state index in [0.717, 1.165) is 25.3 Å². The molecule has 1 heterocycles. The van der Waals surface area contributed by atoms with Gasteiger partial charge in [-0.05, 0) is 18.8 Å². The van der Waals surface area contributed by atoms with E-state index in [9.17, 15) is 9.90 Å². The highest BCUT2D eigenvalue weighted by Gasteiger charge is 2.25. The van der Waals surface area contributed by atoms with Crippen LogP contribution in [0.1, 0.15) is 44.9 Å². The zero-order valence-corrected chi connectivity index (χ0v) is 9.32. The summed E-state index contributed by atoms with van der Waals surface area (Å²) in [6.07, 6.45) is 7.56. The van der Waals surface area contributed by atoms with E-state index in [1.54, 1.807) is 0 Å². The fraction of sp³-hybridized carbons (Fsp3) is 0.917. The van der Waals surface area contributed by atoms with Gasteiger partial charge in [-0.2, -0.15) is 0 Å². The molecule has 0 spiro atoms. The van der Waals surface area contributed by atoms with Crippen LogP contribution in [0.3, 0.4) is 0 Å². The maximum Gasteiger partial charge on any atom is 0.222 e. The molecule has 1 atom stereocenters. The van der Waals surface area contributed by atoms with Gasteiger partial charge in [-0.3, -0.25) is 4.79 Å². The second-order valence-corrected chi connectivity index (χ2v) is 4.97. The highest BCUT2D eigenvalue weighted by atomic mass is 16.3. The lowest BCUT2D eigenvalue weighted by atomic mass is 10.0. The molecule has 2 aliphatic rings. The average molecular weight is 211 g/mol. The molecule has 2 fully saturated rings. The standard InChI is InChI=1S/C12H21NO2/c14-11-7-8-13(9-11)12(15)6-5-10-3-1-2-4-10/h10-11,14H,1-9H2/t11-/m0/s1. The van der Waals surface area contributed by atoms with E-state index in [1.807, 2.05) is 4.90 Å². The maximum atomic E-state index is 11.8. The van der Waals surface area contributed by atoms with Gasteiger partial charge in [0.05, 0.1) is 6.10 Å². The minimum atomic E-state index is -0.277. The molecule has 1 aliphatic heterocycles. The first kappa shape index (κ1) is 10.9. The first-order chi connectivity index (χ1) is 7.25. The van der Waals surface area contributed by atoms with Gasteiger partial charge in [0, 0.05) is 19.5 Å². The zero-order chi connectivity index (χ0) is 10.7. The van der Waals surface area contributed by atoms with Crippen LogP contribution in [0, 0.1) is 5.92 Å². The van der Waals surface area contributed by atoms with E-state index in [2.05, 4.69) is 0 Å². The Kier molecular flexibility index (Phi) is 3.62. The van der Waals surface area contributed by atoms with Gasteiger partial charge < -0.3 is 10.0 Å². The molecule has 1 N–H and O–H groups in total. The SMILES string of the molecule is O=C(CCC1CCCC1)N1CC[C@H](O)C1. The molecule has 1 amide bonds. The molecule has 3 nitrogen and oxygen atoms in total. The quantitative estimate of drug-likeness (QED) is 0.769. The molecule has 15 heavy (non-hydrogen) atoms. The summed E-state index contributed by atoms with van der Waals surface area (Å²) in [5, 5.41) is 9.33. The average Bonchev–Trinajstić information content (AvgIpc) is 2.84. The third kappa shape index (κ3) is 2.94. The summed E-state index contributed by atoms with van der Waals surface area (Å²) in [6, 6.07) is 0. The number of nitrogens with zero attached hydrogens (tertiary/aromatic N) is 1. The lowest BCUT2D eigenvalue weighted by Crippen LogP contribution is -2.29. The van der Waals surface area contributed by atoms with Crippen molar-refractivity contribution in [1.29, 1.82) is 0 Å². The van der Waals surface area contributed by atoms with Gasteiger partial charge in [0.25, 0.3) is 0 Å². The van der Waals surface area contributed by atoms with Crippen LogP contribution >= 0.6 is 0 Å². The minimum absolute atomic E-state index is 0.249. The van der Waals surface area contributed by atoms with Gasteiger partial charge in [-0.25, -0.2) is 0 Å². The van der Waals surface area contributed by atoms with Crippen molar-refractivity contribution in [3.05, 3.63) is 0 Å². The van der Waals surface area contributed by atoms with Crippen LogP contribution in [0.2, 0.25) is 0 Å². The lowest BCUT2D eigenvalue weighted by molar-refractivity contribution is -0.130. The molecule has 0 aromatic rings. The summed E-state index contributed by atoms with van der Waals surface area (Å²) < 4.78 is 0. The van der Waals surface area contributed by atoms with E-state index >= 15 is 0 Å². The summed E-state index contributed by atoms with van der Waals surface area (Å²) in [5.74, 6) is 1.04. The highest BCUT2D eigenvalue weighted by Crippen LogP contribution is 2.28. The van der Waals surface area contributed by atoms with Crippen LogP contribution in [-0.4, -0.2) is 35.1 Å². The van der Waals surface area contributed by atoms with Crippen molar-refractivity contribution >= 4 is 5.91 Å². The molecule has 0 radical (unpaired) electrons. The third-order valence-electron chi connectivity index (χ3n) is 3.76. The summed E-state index contributed by atoms with van der Waals surface area (Å²) in [6.45, 7) is 1.31. The summed E-state index contributed by atoms with van der Waals surface area (Å²) >= 11 is 0. The number of aliphatic hydroxyl groups is 1. The van der Waals surface area contributed by atoms with Crippen molar-refractivity contribution < 1.29 is 9.90 Å². The number of carbonyl (C=O) groups is 1. The van der Waals surface area contributed by atoms with Crippen LogP contribution < -0.4 is 0 Å². The molecule has 2 rings (SSSR count). The molecule has 0 unspecified atom stereocenters.